The van der Waals surface area contributed by atoms with Gasteiger partial charge in [0, 0.05) is 30.8 Å². The Labute approximate surface area is 147 Å². The van der Waals surface area contributed by atoms with E-state index in [0.29, 0.717) is 5.56 Å². The lowest BCUT2D eigenvalue weighted by molar-refractivity contribution is -0.137. The molecule has 8 heteroatoms. The lowest BCUT2D eigenvalue weighted by Gasteiger charge is -2.12. The standard InChI is InChI=1S/C17H15ClF4N2O/c18-14-6-5-12(9-13(14)17(20,21)22)24-16(25)7-8-23-10-11-3-1-2-4-15(11)19/h1-6,9,23H,7-8,10H2,(H,24,25). The molecule has 0 spiro atoms. The Bertz CT molecular complexity index is 750. The van der Waals surface area contributed by atoms with E-state index >= 15 is 0 Å². The van der Waals surface area contributed by atoms with Gasteiger partial charge in [0.2, 0.25) is 5.91 Å². The van der Waals surface area contributed by atoms with Crippen LogP contribution in [0.15, 0.2) is 42.5 Å². The highest BCUT2D eigenvalue weighted by Crippen LogP contribution is 2.36. The number of carbonyl (C=O) groups excluding carboxylic acids is 1. The van der Waals surface area contributed by atoms with Gasteiger partial charge in [-0.2, -0.15) is 13.2 Å². The summed E-state index contributed by atoms with van der Waals surface area (Å²) in [4.78, 5) is 11.8. The maximum absolute atomic E-state index is 13.4. The molecule has 0 aliphatic carbocycles. The smallest absolute Gasteiger partial charge is 0.326 e. The van der Waals surface area contributed by atoms with E-state index in [1.165, 1.54) is 12.1 Å². The Morgan fingerprint density at radius 1 is 1.12 bits per heavy atom. The maximum atomic E-state index is 13.4. The summed E-state index contributed by atoms with van der Waals surface area (Å²) in [6.07, 6.45) is -4.57. The molecule has 0 fully saturated rings. The number of alkyl halides is 3. The van der Waals surface area contributed by atoms with Crippen molar-refractivity contribution in [2.24, 2.45) is 0 Å². The third-order valence-corrected chi connectivity index (χ3v) is 3.69. The van der Waals surface area contributed by atoms with Gasteiger partial charge in [-0.3, -0.25) is 4.79 Å². The van der Waals surface area contributed by atoms with Crippen LogP contribution in [0.3, 0.4) is 0 Å². The summed E-state index contributed by atoms with van der Waals surface area (Å²) in [5.41, 5.74) is -0.532. The maximum Gasteiger partial charge on any atom is 0.417 e. The van der Waals surface area contributed by atoms with Gasteiger partial charge in [-0.25, -0.2) is 4.39 Å². The summed E-state index contributed by atoms with van der Waals surface area (Å²) in [6, 6.07) is 9.39. The molecule has 1 amide bonds. The topological polar surface area (TPSA) is 41.1 Å². The molecule has 0 unspecified atom stereocenters. The number of hydrogen-bond donors (Lipinski definition) is 2. The molecule has 0 radical (unpaired) electrons. The van der Waals surface area contributed by atoms with Crippen molar-refractivity contribution in [3.8, 4) is 0 Å². The molecular formula is C17H15ClF4N2O. The van der Waals surface area contributed by atoms with Crippen LogP contribution < -0.4 is 10.6 Å². The van der Waals surface area contributed by atoms with E-state index < -0.39 is 22.7 Å². The van der Waals surface area contributed by atoms with Gasteiger partial charge in [0.05, 0.1) is 10.6 Å². The number of amides is 1. The minimum absolute atomic E-state index is 0.0100. The average Bonchev–Trinajstić information content (AvgIpc) is 2.54. The number of halogens is 5. The van der Waals surface area contributed by atoms with Crippen LogP contribution in [0, 0.1) is 5.82 Å². The molecule has 0 bridgehead atoms. The third-order valence-electron chi connectivity index (χ3n) is 3.36. The van der Waals surface area contributed by atoms with Crippen LogP contribution in [0.4, 0.5) is 23.2 Å². The Hall–Kier alpha value is -2.12. The van der Waals surface area contributed by atoms with Crippen LogP contribution >= 0.6 is 11.6 Å². The van der Waals surface area contributed by atoms with Crippen molar-refractivity contribution in [2.75, 3.05) is 11.9 Å². The molecule has 2 aromatic rings. The zero-order chi connectivity index (χ0) is 18.4. The van der Waals surface area contributed by atoms with Crippen LogP contribution in [0.2, 0.25) is 5.02 Å². The molecule has 0 aromatic heterocycles. The Balaban J connectivity index is 1.84. The molecule has 2 rings (SSSR count). The van der Waals surface area contributed by atoms with Crippen molar-refractivity contribution in [3.63, 3.8) is 0 Å². The van der Waals surface area contributed by atoms with Gasteiger partial charge in [0.1, 0.15) is 5.82 Å². The van der Waals surface area contributed by atoms with Crippen molar-refractivity contribution < 1.29 is 22.4 Å². The minimum Gasteiger partial charge on any atom is -0.326 e. The highest BCUT2D eigenvalue weighted by Gasteiger charge is 2.33. The van der Waals surface area contributed by atoms with Gasteiger partial charge in [0.15, 0.2) is 0 Å². The number of carbonyl (C=O) groups is 1. The number of hydrogen-bond acceptors (Lipinski definition) is 2. The number of benzene rings is 2. The molecule has 0 saturated heterocycles. The van der Waals surface area contributed by atoms with Crippen LogP contribution in [0.1, 0.15) is 17.5 Å². The fraction of sp³-hybridized carbons (Fsp3) is 0.235. The fourth-order valence-electron chi connectivity index (χ4n) is 2.11. The normalized spacial score (nSPS) is 11.4. The molecule has 0 heterocycles. The predicted molar refractivity (Wildman–Crippen MR) is 87.8 cm³/mol. The number of rotatable bonds is 6. The summed E-state index contributed by atoms with van der Waals surface area (Å²) in [7, 11) is 0. The van der Waals surface area contributed by atoms with Crippen LogP contribution in [-0.2, 0) is 17.5 Å². The second-order valence-electron chi connectivity index (χ2n) is 5.26. The van der Waals surface area contributed by atoms with Gasteiger partial charge >= 0.3 is 6.18 Å². The molecule has 3 nitrogen and oxygen atoms in total. The summed E-state index contributed by atoms with van der Waals surface area (Å²) >= 11 is 5.52. The molecule has 0 aliphatic heterocycles. The molecule has 0 aliphatic rings. The summed E-state index contributed by atoms with van der Waals surface area (Å²) in [5.74, 6) is -0.809. The Morgan fingerprint density at radius 2 is 1.84 bits per heavy atom. The molecule has 25 heavy (non-hydrogen) atoms. The molecule has 2 aromatic carbocycles. The van der Waals surface area contributed by atoms with Crippen molar-refractivity contribution in [1.82, 2.24) is 5.32 Å². The van der Waals surface area contributed by atoms with Crippen molar-refractivity contribution in [1.29, 1.82) is 0 Å². The van der Waals surface area contributed by atoms with E-state index in [9.17, 15) is 22.4 Å². The van der Waals surface area contributed by atoms with Crippen LogP contribution in [0.25, 0.3) is 0 Å². The van der Waals surface area contributed by atoms with Crippen molar-refractivity contribution in [2.45, 2.75) is 19.1 Å². The molecule has 0 saturated carbocycles. The van der Waals surface area contributed by atoms with Gasteiger partial charge < -0.3 is 10.6 Å². The third kappa shape index (κ3) is 5.72. The lowest BCUT2D eigenvalue weighted by Crippen LogP contribution is -2.22. The highest BCUT2D eigenvalue weighted by molar-refractivity contribution is 6.31. The first-order valence-corrected chi connectivity index (χ1v) is 7.76. The molecule has 0 atom stereocenters. The van der Waals surface area contributed by atoms with Crippen LogP contribution in [-0.4, -0.2) is 12.5 Å². The predicted octanol–water partition coefficient (Wildman–Crippen LogP) is 4.62. The van der Waals surface area contributed by atoms with E-state index in [0.717, 1.165) is 12.1 Å². The second kappa shape index (κ2) is 8.31. The Kier molecular flexibility index (Phi) is 6.39. The molecule has 134 valence electrons. The quantitative estimate of drug-likeness (QED) is 0.572. The first-order valence-electron chi connectivity index (χ1n) is 7.38. The van der Waals surface area contributed by atoms with Gasteiger partial charge in [0.25, 0.3) is 0 Å². The summed E-state index contributed by atoms with van der Waals surface area (Å²) in [5, 5.41) is 4.85. The van der Waals surface area contributed by atoms with E-state index in [2.05, 4.69) is 10.6 Å². The van der Waals surface area contributed by atoms with E-state index in [-0.39, 0.29) is 31.0 Å². The molecule has 2 N–H and O–H groups in total. The van der Waals surface area contributed by atoms with E-state index in [1.54, 1.807) is 18.2 Å². The Morgan fingerprint density at radius 3 is 2.52 bits per heavy atom. The zero-order valence-corrected chi connectivity index (χ0v) is 13.7. The SMILES string of the molecule is O=C(CCNCc1ccccc1F)Nc1ccc(Cl)c(C(F)(F)F)c1. The van der Waals surface area contributed by atoms with E-state index in [1.807, 2.05) is 0 Å². The number of nitrogens with one attached hydrogen (secondary N) is 2. The highest BCUT2D eigenvalue weighted by atomic mass is 35.5. The fourth-order valence-corrected chi connectivity index (χ4v) is 2.34. The summed E-state index contributed by atoms with van der Waals surface area (Å²) < 4.78 is 51.7. The zero-order valence-electron chi connectivity index (χ0n) is 13.0. The number of anilines is 1. The first-order chi connectivity index (χ1) is 11.8. The second-order valence-corrected chi connectivity index (χ2v) is 5.67. The largest absolute Gasteiger partial charge is 0.417 e. The molecular weight excluding hydrogens is 360 g/mol. The average molecular weight is 375 g/mol. The lowest BCUT2D eigenvalue weighted by atomic mass is 10.2. The van der Waals surface area contributed by atoms with Crippen molar-refractivity contribution in [3.05, 3.63) is 64.4 Å². The van der Waals surface area contributed by atoms with Gasteiger partial charge in [-0.15, -0.1) is 0 Å². The van der Waals surface area contributed by atoms with Crippen LogP contribution in [0.5, 0.6) is 0 Å². The monoisotopic (exact) mass is 374 g/mol. The first kappa shape index (κ1) is 19.2. The van der Waals surface area contributed by atoms with Gasteiger partial charge in [-0.1, -0.05) is 29.8 Å². The summed E-state index contributed by atoms with van der Waals surface area (Å²) in [6.45, 7) is 0.499. The van der Waals surface area contributed by atoms with Gasteiger partial charge in [-0.05, 0) is 24.3 Å². The van der Waals surface area contributed by atoms with E-state index in [4.69, 9.17) is 11.6 Å². The van der Waals surface area contributed by atoms with Crippen molar-refractivity contribution >= 4 is 23.2 Å². The minimum atomic E-state index is -4.60.